The van der Waals surface area contributed by atoms with Crippen LogP contribution in [0.3, 0.4) is 0 Å². The van der Waals surface area contributed by atoms with E-state index in [0.717, 1.165) is 30.5 Å². The van der Waals surface area contributed by atoms with Gasteiger partial charge in [0.2, 0.25) is 0 Å². The predicted octanol–water partition coefficient (Wildman–Crippen LogP) is 4.32. The largest absolute Gasteiger partial charge is 0.314 e. The molecule has 110 valence electrons. The molecule has 2 aliphatic rings. The van der Waals surface area contributed by atoms with E-state index in [1.165, 1.54) is 44.9 Å². The van der Waals surface area contributed by atoms with Crippen molar-refractivity contribution in [2.24, 2.45) is 11.8 Å². The summed E-state index contributed by atoms with van der Waals surface area (Å²) in [6.45, 7) is 1.14. The molecule has 20 heavy (non-hydrogen) atoms. The monoisotopic (exact) mass is 275 g/mol. The van der Waals surface area contributed by atoms with Crippen LogP contribution < -0.4 is 5.32 Å². The highest BCUT2D eigenvalue weighted by Crippen LogP contribution is 2.32. The second-order valence-electron chi connectivity index (χ2n) is 6.64. The van der Waals surface area contributed by atoms with Crippen LogP contribution in [0.15, 0.2) is 24.3 Å². The van der Waals surface area contributed by atoms with E-state index >= 15 is 0 Å². The number of hydrogen-bond acceptors (Lipinski definition) is 1. The van der Waals surface area contributed by atoms with E-state index in [2.05, 4.69) is 5.32 Å². The molecular weight excluding hydrogens is 249 g/mol. The Kier molecular flexibility index (Phi) is 4.72. The zero-order valence-electron chi connectivity index (χ0n) is 12.3. The van der Waals surface area contributed by atoms with Gasteiger partial charge >= 0.3 is 0 Å². The lowest BCUT2D eigenvalue weighted by Gasteiger charge is -2.26. The van der Waals surface area contributed by atoms with Crippen molar-refractivity contribution in [3.05, 3.63) is 35.6 Å². The molecule has 2 unspecified atom stereocenters. The van der Waals surface area contributed by atoms with Crippen molar-refractivity contribution in [3.8, 4) is 0 Å². The maximum absolute atomic E-state index is 13.9. The van der Waals surface area contributed by atoms with Gasteiger partial charge < -0.3 is 5.32 Å². The molecular formula is C18H26FN. The van der Waals surface area contributed by atoms with Gasteiger partial charge in [0.15, 0.2) is 0 Å². The highest BCUT2D eigenvalue weighted by atomic mass is 19.1. The number of hydrogen-bond donors (Lipinski definition) is 1. The van der Waals surface area contributed by atoms with E-state index < -0.39 is 0 Å². The zero-order chi connectivity index (χ0) is 13.8. The Bertz CT molecular complexity index is 427. The molecule has 1 aromatic carbocycles. The molecule has 2 saturated carbocycles. The van der Waals surface area contributed by atoms with E-state index in [0.29, 0.717) is 5.92 Å². The van der Waals surface area contributed by atoms with Gasteiger partial charge in [0.05, 0.1) is 0 Å². The van der Waals surface area contributed by atoms with Gasteiger partial charge in [-0.05, 0) is 62.1 Å². The van der Waals surface area contributed by atoms with E-state index in [-0.39, 0.29) is 5.82 Å². The van der Waals surface area contributed by atoms with Gasteiger partial charge in [0.25, 0.3) is 0 Å². The topological polar surface area (TPSA) is 12.0 Å². The first-order valence-corrected chi connectivity index (χ1v) is 8.29. The molecule has 1 nitrogen and oxygen atoms in total. The quantitative estimate of drug-likeness (QED) is 0.789. The van der Waals surface area contributed by atoms with Gasteiger partial charge in [-0.25, -0.2) is 4.39 Å². The van der Waals surface area contributed by atoms with Crippen LogP contribution in [0, 0.1) is 17.7 Å². The van der Waals surface area contributed by atoms with Crippen molar-refractivity contribution in [1.82, 2.24) is 5.32 Å². The molecule has 0 spiro atoms. The second-order valence-corrected chi connectivity index (χ2v) is 6.64. The average Bonchev–Trinajstić information content (AvgIpc) is 3.27. The Balaban J connectivity index is 1.64. The molecule has 2 aliphatic carbocycles. The minimum Gasteiger partial charge on any atom is -0.314 e. The van der Waals surface area contributed by atoms with Crippen LogP contribution in [0.5, 0.6) is 0 Å². The fourth-order valence-electron chi connectivity index (χ4n) is 3.55. The molecule has 0 saturated heterocycles. The van der Waals surface area contributed by atoms with Gasteiger partial charge in [-0.15, -0.1) is 0 Å². The molecule has 2 atom stereocenters. The van der Waals surface area contributed by atoms with E-state index in [4.69, 9.17) is 0 Å². The normalized spacial score (nSPS) is 27.2. The lowest BCUT2D eigenvalue weighted by atomic mass is 9.83. The predicted molar refractivity (Wildman–Crippen MR) is 81.2 cm³/mol. The SMILES string of the molecule is Fc1ccccc1CC1CCCCCC1CNC1CC1. The van der Waals surface area contributed by atoms with E-state index in [1.54, 1.807) is 12.1 Å². The van der Waals surface area contributed by atoms with Gasteiger partial charge in [0, 0.05) is 6.04 Å². The third-order valence-corrected chi connectivity index (χ3v) is 5.00. The number of nitrogens with one attached hydrogen (secondary N) is 1. The Morgan fingerprint density at radius 2 is 1.70 bits per heavy atom. The van der Waals surface area contributed by atoms with Crippen LogP contribution in [0.2, 0.25) is 0 Å². The first-order chi connectivity index (χ1) is 9.83. The van der Waals surface area contributed by atoms with Crippen molar-refractivity contribution in [2.75, 3.05) is 6.54 Å². The molecule has 1 N–H and O–H groups in total. The summed E-state index contributed by atoms with van der Waals surface area (Å²) in [5.41, 5.74) is 0.913. The summed E-state index contributed by atoms with van der Waals surface area (Å²) in [6, 6.07) is 8.10. The highest BCUT2D eigenvalue weighted by Gasteiger charge is 2.27. The summed E-state index contributed by atoms with van der Waals surface area (Å²) in [5.74, 6) is 1.36. The van der Waals surface area contributed by atoms with Gasteiger partial charge in [-0.2, -0.15) is 0 Å². The summed E-state index contributed by atoms with van der Waals surface area (Å²) < 4.78 is 13.9. The second kappa shape index (κ2) is 6.71. The van der Waals surface area contributed by atoms with Crippen LogP contribution >= 0.6 is 0 Å². The summed E-state index contributed by atoms with van der Waals surface area (Å²) in [5, 5.41) is 3.69. The molecule has 0 radical (unpaired) electrons. The highest BCUT2D eigenvalue weighted by molar-refractivity contribution is 5.18. The fraction of sp³-hybridized carbons (Fsp3) is 0.667. The lowest BCUT2D eigenvalue weighted by Crippen LogP contribution is -2.30. The average molecular weight is 275 g/mol. The molecule has 0 aromatic heterocycles. The molecule has 2 heteroatoms. The summed E-state index contributed by atoms with van der Waals surface area (Å²) in [4.78, 5) is 0. The number of halogens is 1. The molecule has 1 aromatic rings. The Morgan fingerprint density at radius 3 is 2.45 bits per heavy atom. The fourth-order valence-corrected chi connectivity index (χ4v) is 3.55. The standard InChI is InChI=1S/C18H26FN/c19-18-9-5-4-7-15(18)12-14-6-2-1-3-8-16(14)13-20-17-10-11-17/h4-5,7,9,14,16-17,20H,1-3,6,8,10-13H2. The molecule has 0 bridgehead atoms. The summed E-state index contributed by atoms with van der Waals surface area (Å²) >= 11 is 0. The van der Waals surface area contributed by atoms with Gasteiger partial charge in [0.1, 0.15) is 5.82 Å². The molecule has 2 fully saturated rings. The minimum absolute atomic E-state index is 0.0225. The minimum atomic E-state index is -0.0225. The third kappa shape index (κ3) is 3.82. The first-order valence-electron chi connectivity index (χ1n) is 8.29. The van der Waals surface area contributed by atoms with Gasteiger partial charge in [-0.1, -0.05) is 37.5 Å². The molecule has 0 amide bonds. The van der Waals surface area contributed by atoms with Crippen molar-refractivity contribution in [1.29, 1.82) is 0 Å². The lowest BCUT2D eigenvalue weighted by molar-refractivity contribution is 0.294. The smallest absolute Gasteiger partial charge is 0.126 e. The summed E-state index contributed by atoms with van der Waals surface area (Å²) in [6.07, 6.45) is 10.2. The number of benzene rings is 1. The first kappa shape index (κ1) is 14.1. The Labute approximate surface area is 122 Å². The Morgan fingerprint density at radius 1 is 0.950 bits per heavy atom. The van der Waals surface area contributed by atoms with Crippen molar-refractivity contribution in [3.63, 3.8) is 0 Å². The molecule has 0 aliphatic heterocycles. The van der Waals surface area contributed by atoms with Crippen molar-refractivity contribution in [2.45, 2.75) is 57.4 Å². The molecule has 0 heterocycles. The van der Waals surface area contributed by atoms with Crippen molar-refractivity contribution >= 4 is 0 Å². The maximum atomic E-state index is 13.9. The van der Waals surface area contributed by atoms with Crippen LogP contribution in [-0.2, 0) is 6.42 Å². The maximum Gasteiger partial charge on any atom is 0.126 e. The third-order valence-electron chi connectivity index (χ3n) is 5.00. The van der Waals surface area contributed by atoms with Crippen molar-refractivity contribution < 1.29 is 4.39 Å². The van der Waals surface area contributed by atoms with Crippen LogP contribution in [0.25, 0.3) is 0 Å². The number of rotatable bonds is 5. The Hall–Kier alpha value is -0.890. The van der Waals surface area contributed by atoms with E-state index in [1.807, 2.05) is 12.1 Å². The van der Waals surface area contributed by atoms with Crippen LogP contribution in [0.4, 0.5) is 4.39 Å². The van der Waals surface area contributed by atoms with Crippen LogP contribution in [-0.4, -0.2) is 12.6 Å². The zero-order valence-corrected chi connectivity index (χ0v) is 12.3. The summed E-state index contributed by atoms with van der Waals surface area (Å²) in [7, 11) is 0. The van der Waals surface area contributed by atoms with Gasteiger partial charge in [-0.3, -0.25) is 0 Å². The van der Waals surface area contributed by atoms with E-state index in [9.17, 15) is 4.39 Å². The van der Waals surface area contributed by atoms with Crippen LogP contribution in [0.1, 0.15) is 50.5 Å². The molecule has 3 rings (SSSR count).